The molecule has 6 heteroatoms. The lowest BCUT2D eigenvalue weighted by molar-refractivity contribution is 0.304. The third-order valence-electron chi connectivity index (χ3n) is 2.47. The van der Waals surface area contributed by atoms with Crippen molar-refractivity contribution in [2.45, 2.75) is 6.92 Å². The summed E-state index contributed by atoms with van der Waals surface area (Å²) in [5.74, 6) is 2.87. The second kappa shape index (κ2) is 5.50. The number of nitrogens with one attached hydrogen (secondary N) is 1. The van der Waals surface area contributed by atoms with Crippen LogP contribution < -0.4 is 10.2 Å². The van der Waals surface area contributed by atoms with Crippen molar-refractivity contribution in [1.82, 2.24) is 9.97 Å². The van der Waals surface area contributed by atoms with Gasteiger partial charge in [0.05, 0.1) is 6.61 Å². The summed E-state index contributed by atoms with van der Waals surface area (Å²) in [5.41, 5.74) is 0. The van der Waals surface area contributed by atoms with Crippen molar-refractivity contribution in [2.75, 3.05) is 30.4 Å². The lowest BCUT2D eigenvalue weighted by Crippen LogP contribution is -2.22. The maximum atomic E-state index is 8.89. The van der Waals surface area contributed by atoms with Gasteiger partial charge in [-0.25, -0.2) is 9.97 Å². The first-order valence-electron chi connectivity index (χ1n) is 5.66. The fourth-order valence-electron chi connectivity index (χ4n) is 1.52. The molecule has 0 aliphatic heterocycles. The monoisotopic (exact) mass is 248 g/mol. The molecular weight excluding hydrogens is 232 g/mol. The van der Waals surface area contributed by atoms with E-state index < -0.39 is 0 Å². The number of aromatic nitrogens is 2. The van der Waals surface area contributed by atoms with Crippen molar-refractivity contribution in [1.29, 1.82) is 0 Å². The zero-order chi connectivity index (χ0) is 13.0. The lowest BCUT2D eigenvalue weighted by atomic mass is 10.4. The number of aliphatic hydroxyl groups excluding tert-OH is 1. The van der Waals surface area contributed by atoms with Crippen LogP contribution in [0.2, 0.25) is 0 Å². The first-order valence-corrected chi connectivity index (χ1v) is 5.66. The van der Waals surface area contributed by atoms with Crippen LogP contribution in [0.4, 0.5) is 17.5 Å². The second-order valence-electron chi connectivity index (χ2n) is 3.94. The van der Waals surface area contributed by atoms with E-state index in [4.69, 9.17) is 9.52 Å². The Balaban J connectivity index is 2.12. The minimum atomic E-state index is 0.0840. The number of hydrogen-bond donors (Lipinski definition) is 2. The Morgan fingerprint density at radius 1 is 1.39 bits per heavy atom. The summed E-state index contributed by atoms with van der Waals surface area (Å²) in [6.45, 7) is 2.49. The third kappa shape index (κ3) is 2.98. The maximum Gasteiger partial charge on any atom is 0.198 e. The zero-order valence-corrected chi connectivity index (χ0v) is 10.4. The van der Waals surface area contributed by atoms with Gasteiger partial charge in [-0.1, -0.05) is 0 Å². The number of aliphatic hydroxyl groups is 1. The molecule has 0 aliphatic carbocycles. The largest absolute Gasteiger partial charge is 0.446 e. The number of likely N-dealkylation sites (N-methyl/N-ethyl adjacent to an activating group) is 1. The number of nitrogens with zero attached hydrogens (tertiary/aromatic N) is 3. The molecule has 0 aliphatic rings. The molecule has 2 heterocycles. The Morgan fingerprint density at radius 2 is 2.22 bits per heavy atom. The Bertz CT molecular complexity index is 512. The van der Waals surface area contributed by atoms with Crippen LogP contribution in [0.15, 0.2) is 28.9 Å². The topological polar surface area (TPSA) is 74.4 Å². The highest BCUT2D eigenvalue weighted by molar-refractivity contribution is 5.55. The van der Waals surface area contributed by atoms with Gasteiger partial charge in [-0.15, -0.1) is 0 Å². The fourth-order valence-corrected chi connectivity index (χ4v) is 1.52. The van der Waals surface area contributed by atoms with Gasteiger partial charge in [0.1, 0.15) is 23.7 Å². The molecule has 6 nitrogen and oxygen atoms in total. The number of anilines is 3. The van der Waals surface area contributed by atoms with E-state index in [0.29, 0.717) is 18.2 Å². The second-order valence-corrected chi connectivity index (χ2v) is 3.94. The van der Waals surface area contributed by atoms with Crippen molar-refractivity contribution in [3.63, 3.8) is 0 Å². The van der Waals surface area contributed by atoms with Crippen molar-refractivity contribution in [3.8, 4) is 0 Å². The van der Waals surface area contributed by atoms with Gasteiger partial charge < -0.3 is 19.7 Å². The van der Waals surface area contributed by atoms with Crippen molar-refractivity contribution in [3.05, 3.63) is 30.3 Å². The zero-order valence-electron chi connectivity index (χ0n) is 10.4. The van der Waals surface area contributed by atoms with E-state index in [1.165, 1.54) is 6.33 Å². The fraction of sp³-hybridized carbons (Fsp3) is 0.333. The average molecular weight is 248 g/mol. The van der Waals surface area contributed by atoms with Crippen LogP contribution in [0, 0.1) is 6.92 Å². The summed E-state index contributed by atoms with van der Waals surface area (Å²) in [6.07, 6.45) is 1.47. The van der Waals surface area contributed by atoms with E-state index in [1.54, 1.807) is 6.07 Å². The van der Waals surface area contributed by atoms with E-state index in [-0.39, 0.29) is 6.61 Å². The molecule has 0 bridgehead atoms. The van der Waals surface area contributed by atoms with E-state index in [9.17, 15) is 0 Å². The van der Waals surface area contributed by atoms with Gasteiger partial charge in [0.2, 0.25) is 0 Å². The highest BCUT2D eigenvalue weighted by Crippen LogP contribution is 2.19. The number of furan rings is 1. The molecule has 0 saturated carbocycles. The van der Waals surface area contributed by atoms with Crippen molar-refractivity contribution >= 4 is 17.5 Å². The molecule has 0 atom stereocenters. The lowest BCUT2D eigenvalue weighted by Gasteiger charge is -2.16. The van der Waals surface area contributed by atoms with E-state index in [1.807, 2.05) is 31.0 Å². The molecule has 0 saturated heterocycles. The Kier molecular flexibility index (Phi) is 3.78. The first kappa shape index (κ1) is 12.4. The Hall–Kier alpha value is -2.08. The molecule has 0 unspecified atom stereocenters. The van der Waals surface area contributed by atoms with Gasteiger partial charge in [-0.3, -0.25) is 0 Å². The van der Waals surface area contributed by atoms with E-state index in [0.717, 1.165) is 11.6 Å². The highest BCUT2D eigenvalue weighted by atomic mass is 16.4. The normalized spacial score (nSPS) is 10.4. The first-order chi connectivity index (χ1) is 8.69. The smallest absolute Gasteiger partial charge is 0.198 e. The number of rotatable bonds is 5. The number of aryl methyl sites for hydroxylation is 1. The van der Waals surface area contributed by atoms with Gasteiger partial charge in [0, 0.05) is 25.7 Å². The molecule has 2 N–H and O–H groups in total. The minimum Gasteiger partial charge on any atom is -0.446 e. The Labute approximate surface area is 105 Å². The SMILES string of the molecule is Cc1ccc(Nc2cc(N(C)CCO)ncn2)o1. The molecule has 0 fully saturated rings. The predicted molar refractivity (Wildman–Crippen MR) is 69.1 cm³/mol. The summed E-state index contributed by atoms with van der Waals surface area (Å²) in [5, 5.41) is 11.9. The summed E-state index contributed by atoms with van der Waals surface area (Å²) in [4.78, 5) is 10.1. The molecule has 0 amide bonds. The van der Waals surface area contributed by atoms with Crippen LogP contribution in [0.1, 0.15) is 5.76 Å². The van der Waals surface area contributed by atoms with Gasteiger partial charge in [0.15, 0.2) is 5.88 Å². The van der Waals surface area contributed by atoms with Gasteiger partial charge in [-0.2, -0.15) is 0 Å². The van der Waals surface area contributed by atoms with E-state index >= 15 is 0 Å². The quantitative estimate of drug-likeness (QED) is 0.836. The molecule has 96 valence electrons. The third-order valence-corrected chi connectivity index (χ3v) is 2.47. The Morgan fingerprint density at radius 3 is 2.89 bits per heavy atom. The molecule has 0 aromatic carbocycles. The molecule has 2 aromatic rings. The molecular formula is C12H16N4O2. The maximum absolute atomic E-state index is 8.89. The van der Waals surface area contributed by atoms with Crippen LogP contribution >= 0.6 is 0 Å². The number of hydrogen-bond acceptors (Lipinski definition) is 6. The van der Waals surface area contributed by atoms with Crippen LogP contribution in [0.3, 0.4) is 0 Å². The minimum absolute atomic E-state index is 0.0840. The predicted octanol–water partition coefficient (Wildman–Crippen LogP) is 1.55. The molecule has 2 rings (SSSR count). The summed E-state index contributed by atoms with van der Waals surface area (Å²) >= 11 is 0. The van der Waals surface area contributed by atoms with Crippen LogP contribution in [0.25, 0.3) is 0 Å². The van der Waals surface area contributed by atoms with Crippen molar-refractivity contribution in [2.24, 2.45) is 0 Å². The van der Waals surface area contributed by atoms with Gasteiger partial charge in [-0.05, 0) is 13.0 Å². The highest BCUT2D eigenvalue weighted by Gasteiger charge is 2.05. The molecule has 0 spiro atoms. The van der Waals surface area contributed by atoms with E-state index in [2.05, 4.69) is 15.3 Å². The summed E-state index contributed by atoms with van der Waals surface area (Å²) < 4.78 is 5.41. The molecule has 0 radical (unpaired) electrons. The molecule has 18 heavy (non-hydrogen) atoms. The van der Waals surface area contributed by atoms with Gasteiger partial charge in [0.25, 0.3) is 0 Å². The molecule has 2 aromatic heterocycles. The van der Waals surface area contributed by atoms with Crippen LogP contribution in [-0.2, 0) is 0 Å². The van der Waals surface area contributed by atoms with Crippen LogP contribution in [0.5, 0.6) is 0 Å². The average Bonchev–Trinajstić information content (AvgIpc) is 2.75. The standard InChI is InChI=1S/C12H16N4O2/c1-9-3-4-12(18-9)15-10-7-11(14-8-13-10)16(2)5-6-17/h3-4,7-8,17H,5-6H2,1-2H3,(H,13,14,15). The van der Waals surface area contributed by atoms with Gasteiger partial charge >= 0.3 is 0 Å². The summed E-state index contributed by atoms with van der Waals surface area (Å²) in [7, 11) is 1.86. The van der Waals surface area contributed by atoms with Crippen LogP contribution in [-0.4, -0.2) is 35.3 Å². The summed E-state index contributed by atoms with van der Waals surface area (Å²) in [6, 6.07) is 5.52. The van der Waals surface area contributed by atoms with Crippen molar-refractivity contribution < 1.29 is 9.52 Å².